The quantitative estimate of drug-likeness (QED) is 0.686. The second-order valence-electron chi connectivity index (χ2n) is 2.23. The Balaban J connectivity index is 3.30. The second-order valence-corrected chi connectivity index (χ2v) is 2.23. The fraction of sp³-hybridized carbons (Fsp3) is 0.125. The normalized spacial score (nSPS) is 9.50. The van der Waals surface area contributed by atoms with Crippen molar-refractivity contribution < 1.29 is 8.78 Å². The first kappa shape index (κ1) is 8.62. The minimum Gasteiger partial charge on any atom is -0.326 e. The van der Waals surface area contributed by atoms with E-state index in [2.05, 4.69) is 0 Å². The largest absolute Gasteiger partial charge is 0.326 e. The van der Waals surface area contributed by atoms with Crippen LogP contribution in [-0.2, 0) is 6.54 Å². The molecule has 0 spiro atoms. The molecule has 2 N–H and O–H groups in total. The Labute approximate surface area is 68.2 Å². The molecular weight excluding hydrogens is 162 g/mol. The summed E-state index contributed by atoms with van der Waals surface area (Å²) in [5, 5.41) is 8.34. The fourth-order valence-corrected chi connectivity index (χ4v) is 0.863. The van der Waals surface area contributed by atoms with Crippen molar-refractivity contribution >= 4 is 0 Å². The van der Waals surface area contributed by atoms with Crippen molar-refractivity contribution in [3.8, 4) is 6.07 Å². The monoisotopic (exact) mass is 168 g/mol. The molecule has 0 amide bonds. The van der Waals surface area contributed by atoms with Crippen molar-refractivity contribution in [1.29, 1.82) is 5.26 Å². The van der Waals surface area contributed by atoms with Gasteiger partial charge in [-0.3, -0.25) is 0 Å². The minimum absolute atomic E-state index is 0.0396. The maximum atomic E-state index is 12.8. The Hall–Kier alpha value is -1.47. The van der Waals surface area contributed by atoms with Gasteiger partial charge in [-0.05, 0) is 12.1 Å². The van der Waals surface area contributed by atoms with Crippen molar-refractivity contribution in [1.82, 2.24) is 0 Å². The van der Waals surface area contributed by atoms with Crippen molar-refractivity contribution in [2.24, 2.45) is 5.73 Å². The van der Waals surface area contributed by atoms with Gasteiger partial charge in [0.25, 0.3) is 0 Å². The standard InChI is InChI=1S/C8H6F2N2/c9-7-1-5(3-11)2-8(10)6(7)4-12/h1-2H,4,12H2. The lowest BCUT2D eigenvalue weighted by Crippen LogP contribution is -2.03. The predicted octanol–water partition coefficient (Wildman–Crippen LogP) is 1.30. The van der Waals surface area contributed by atoms with Gasteiger partial charge in [-0.25, -0.2) is 8.78 Å². The summed E-state index contributed by atoms with van der Waals surface area (Å²) < 4.78 is 25.7. The molecule has 0 aliphatic carbocycles. The number of halogens is 2. The molecule has 0 saturated carbocycles. The minimum atomic E-state index is -0.769. The highest BCUT2D eigenvalue weighted by atomic mass is 19.1. The molecule has 0 aromatic heterocycles. The highest BCUT2D eigenvalue weighted by molar-refractivity contribution is 5.33. The van der Waals surface area contributed by atoms with Crippen molar-refractivity contribution in [2.45, 2.75) is 6.54 Å². The number of nitrogens with two attached hydrogens (primary N) is 1. The van der Waals surface area contributed by atoms with Gasteiger partial charge in [0, 0.05) is 12.1 Å². The molecule has 0 radical (unpaired) electrons. The van der Waals surface area contributed by atoms with E-state index < -0.39 is 11.6 Å². The molecule has 0 unspecified atom stereocenters. The van der Waals surface area contributed by atoms with E-state index in [0.717, 1.165) is 12.1 Å². The average Bonchev–Trinajstić information content (AvgIpc) is 2.03. The maximum absolute atomic E-state index is 12.8. The van der Waals surface area contributed by atoms with Crippen LogP contribution in [0.3, 0.4) is 0 Å². The van der Waals surface area contributed by atoms with Gasteiger partial charge in [-0.1, -0.05) is 0 Å². The molecule has 4 heteroatoms. The van der Waals surface area contributed by atoms with E-state index in [9.17, 15) is 8.78 Å². The Morgan fingerprint density at radius 3 is 2.17 bits per heavy atom. The molecule has 0 bridgehead atoms. The van der Waals surface area contributed by atoms with Crippen LogP contribution in [0.4, 0.5) is 8.78 Å². The molecule has 0 fully saturated rings. The molecule has 0 heterocycles. The van der Waals surface area contributed by atoms with Crippen LogP contribution in [0.5, 0.6) is 0 Å². The van der Waals surface area contributed by atoms with Gasteiger partial charge < -0.3 is 5.73 Å². The van der Waals surface area contributed by atoms with E-state index in [1.807, 2.05) is 0 Å². The fourth-order valence-electron chi connectivity index (χ4n) is 0.863. The van der Waals surface area contributed by atoms with Crippen LogP contribution < -0.4 is 5.73 Å². The summed E-state index contributed by atoms with van der Waals surface area (Å²) in [7, 11) is 0. The maximum Gasteiger partial charge on any atom is 0.131 e. The first-order chi connectivity index (χ1) is 5.69. The number of hydrogen-bond donors (Lipinski definition) is 1. The molecule has 1 aromatic rings. The smallest absolute Gasteiger partial charge is 0.131 e. The van der Waals surface area contributed by atoms with Crippen LogP contribution in [0.25, 0.3) is 0 Å². The summed E-state index contributed by atoms with van der Waals surface area (Å²) in [6, 6.07) is 3.57. The topological polar surface area (TPSA) is 49.8 Å². The van der Waals surface area contributed by atoms with Gasteiger partial charge in [0.05, 0.1) is 11.6 Å². The lowest BCUT2D eigenvalue weighted by molar-refractivity contribution is 0.556. The lowest BCUT2D eigenvalue weighted by atomic mass is 10.1. The molecule has 0 aliphatic rings. The van der Waals surface area contributed by atoms with Crippen LogP contribution in [0, 0.1) is 23.0 Å². The molecule has 12 heavy (non-hydrogen) atoms. The van der Waals surface area contributed by atoms with Gasteiger partial charge in [-0.2, -0.15) is 5.26 Å². The van der Waals surface area contributed by atoms with Crippen molar-refractivity contribution in [3.63, 3.8) is 0 Å². The summed E-state index contributed by atoms with van der Waals surface area (Å²) >= 11 is 0. The molecule has 1 rings (SSSR count). The molecule has 0 saturated heterocycles. The third kappa shape index (κ3) is 1.41. The van der Waals surface area contributed by atoms with Gasteiger partial charge in [0.2, 0.25) is 0 Å². The van der Waals surface area contributed by atoms with E-state index in [0.29, 0.717) is 0 Å². The van der Waals surface area contributed by atoms with E-state index in [1.54, 1.807) is 6.07 Å². The molecule has 0 aliphatic heterocycles. The van der Waals surface area contributed by atoms with Gasteiger partial charge in [0.15, 0.2) is 0 Å². The average molecular weight is 168 g/mol. The van der Waals surface area contributed by atoms with Crippen molar-refractivity contribution in [3.05, 3.63) is 34.9 Å². The molecular formula is C8H6F2N2. The summed E-state index contributed by atoms with van der Waals surface area (Å²) in [6.07, 6.45) is 0. The zero-order valence-electron chi connectivity index (χ0n) is 6.14. The summed E-state index contributed by atoms with van der Waals surface area (Å²) in [5.74, 6) is -1.54. The number of nitrogens with zero attached hydrogens (tertiary/aromatic N) is 1. The molecule has 2 nitrogen and oxygen atoms in total. The first-order valence-electron chi connectivity index (χ1n) is 3.27. The van der Waals surface area contributed by atoms with E-state index in [4.69, 9.17) is 11.0 Å². The zero-order chi connectivity index (χ0) is 9.14. The molecule has 62 valence electrons. The van der Waals surface area contributed by atoms with Gasteiger partial charge in [0.1, 0.15) is 11.6 Å². The Bertz CT molecular complexity index is 318. The number of nitriles is 1. The SMILES string of the molecule is N#Cc1cc(F)c(CN)c(F)c1. The third-order valence-corrected chi connectivity index (χ3v) is 1.47. The third-order valence-electron chi connectivity index (χ3n) is 1.47. The highest BCUT2D eigenvalue weighted by Crippen LogP contribution is 2.13. The van der Waals surface area contributed by atoms with E-state index in [1.165, 1.54) is 0 Å². The van der Waals surface area contributed by atoms with E-state index >= 15 is 0 Å². The predicted molar refractivity (Wildman–Crippen MR) is 39.0 cm³/mol. The first-order valence-corrected chi connectivity index (χ1v) is 3.27. The zero-order valence-corrected chi connectivity index (χ0v) is 6.14. The second kappa shape index (κ2) is 3.28. The number of hydrogen-bond acceptors (Lipinski definition) is 2. The van der Waals surface area contributed by atoms with Crippen LogP contribution in [0.15, 0.2) is 12.1 Å². The van der Waals surface area contributed by atoms with Gasteiger partial charge in [-0.15, -0.1) is 0 Å². The van der Waals surface area contributed by atoms with E-state index in [-0.39, 0.29) is 17.7 Å². The summed E-state index contributed by atoms with van der Waals surface area (Å²) in [5.41, 5.74) is 4.85. The molecule has 1 aromatic carbocycles. The summed E-state index contributed by atoms with van der Waals surface area (Å²) in [4.78, 5) is 0. The lowest BCUT2D eigenvalue weighted by Gasteiger charge is -2.00. The number of benzene rings is 1. The van der Waals surface area contributed by atoms with Crippen LogP contribution in [0.1, 0.15) is 11.1 Å². The Morgan fingerprint density at radius 2 is 1.83 bits per heavy atom. The van der Waals surface area contributed by atoms with Gasteiger partial charge >= 0.3 is 0 Å². The Morgan fingerprint density at radius 1 is 1.33 bits per heavy atom. The van der Waals surface area contributed by atoms with Crippen LogP contribution in [0.2, 0.25) is 0 Å². The van der Waals surface area contributed by atoms with Crippen LogP contribution in [-0.4, -0.2) is 0 Å². The Kier molecular flexibility index (Phi) is 2.36. The highest BCUT2D eigenvalue weighted by Gasteiger charge is 2.08. The van der Waals surface area contributed by atoms with Crippen molar-refractivity contribution in [2.75, 3.05) is 0 Å². The van der Waals surface area contributed by atoms with Crippen LogP contribution >= 0.6 is 0 Å². The molecule has 0 atom stereocenters. The summed E-state index contributed by atoms with van der Waals surface area (Å²) in [6.45, 7) is -0.205. The number of rotatable bonds is 1.